The lowest BCUT2D eigenvalue weighted by molar-refractivity contribution is 0.146. The topological polar surface area (TPSA) is 62.9 Å². The van der Waals surface area contributed by atoms with Crippen LogP contribution in [-0.4, -0.2) is 54.2 Å². The lowest BCUT2D eigenvalue weighted by Crippen LogP contribution is -2.54. The van der Waals surface area contributed by atoms with Crippen LogP contribution in [0.5, 0.6) is 0 Å². The Hall–Kier alpha value is -0.460. The first kappa shape index (κ1) is 15.6. The van der Waals surface area contributed by atoms with Crippen molar-refractivity contribution in [3.63, 3.8) is 0 Å². The van der Waals surface area contributed by atoms with Gasteiger partial charge in [0.15, 0.2) is 0 Å². The molecule has 2 atom stereocenters. The highest BCUT2D eigenvalue weighted by atomic mass is 32.2. The van der Waals surface area contributed by atoms with E-state index < -0.39 is 0 Å². The van der Waals surface area contributed by atoms with Crippen molar-refractivity contribution in [2.75, 3.05) is 32.1 Å². The van der Waals surface area contributed by atoms with E-state index in [1.165, 1.54) is 0 Å². The van der Waals surface area contributed by atoms with Crippen molar-refractivity contribution < 1.29 is 4.74 Å². The van der Waals surface area contributed by atoms with Crippen LogP contribution in [0, 0.1) is 0 Å². The Morgan fingerprint density at radius 1 is 1.56 bits per heavy atom. The fraction of sp³-hybridized carbons (Fsp3) is 0.917. The Morgan fingerprint density at radius 2 is 2.33 bits per heavy atom. The van der Waals surface area contributed by atoms with Crippen LogP contribution in [-0.2, 0) is 4.74 Å². The van der Waals surface area contributed by atoms with Crippen LogP contribution >= 0.6 is 11.8 Å². The van der Waals surface area contributed by atoms with Gasteiger partial charge in [0.1, 0.15) is 0 Å². The van der Waals surface area contributed by atoms with Gasteiger partial charge in [-0.1, -0.05) is 6.92 Å². The zero-order valence-electron chi connectivity index (χ0n) is 11.7. The van der Waals surface area contributed by atoms with Gasteiger partial charge in [0.25, 0.3) is 0 Å². The van der Waals surface area contributed by atoms with Gasteiger partial charge in [-0.05, 0) is 20.3 Å². The number of hydrazine groups is 1. The molecular formula is C12H26N4OS. The molecule has 0 saturated carbocycles. The minimum absolute atomic E-state index is 0.463. The van der Waals surface area contributed by atoms with Crippen LogP contribution in [0.1, 0.15) is 27.2 Å². The monoisotopic (exact) mass is 274 g/mol. The van der Waals surface area contributed by atoms with Crippen LogP contribution in [0.15, 0.2) is 4.99 Å². The summed E-state index contributed by atoms with van der Waals surface area (Å²) in [6.45, 7) is 9.78. The molecule has 106 valence electrons. The maximum Gasteiger partial charge on any atom is 0.208 e. The van der Waals surface area contributed by atoms with Crippen LogP contribution in [0.2, 0.25) is 0 Å². The Morgan fingerprint density at radius 3 is 3.00 bits per heavy atom. The molecule has 0 aromatic carbocycles. The molecule has 1 saturated heterocycles. The molecule has 0 aromatic heterocycles. The predicted octanol–water partition coefficient (Wildman–Crippen LogP) is 1.06. The third-order valence-electron chi connectivity index (χ3n) is 3.20. The molecule has 1 heterocycles. The van der Waals surface area contributed by atoms with E-state index in [9.17, 15) is 0 Å². The fourth-order valence-corrected chi connectivity index (χ4v) is 3.05. The van der Waals surface area contributed by atoms with Crippen molar-refractivity contribution >= 4 is 17.7 Å². The predicted molar refractivity (Wildman–Crippen MR) is 78.8 cm³/mol. The summed E-state index contributed by atoms with van der Waals surface area (Å²) in [6.07, 6.45) is 0.936. The number of hydrogen-bond acceptors (Lipinski definition) is 4. The average Bonchev–Trinajstić information content (AvgIpc) is 2.38. The van der Waals surface area contributed by atoms with Crippen LogP contribution < -0.4 is 11.3 Å². The fourth-order valence-electron chi connectivity index (χ4n) is 1.95. The molecule has 1 fully saturated rings. The molecule has 0 amide bonds. The largest absolute Gasteiger partial charge is 0.382 e. The number of nitrogens with two attached hydrogens (primary N) is 1. The number of thioether (sulfide) groups is 1. The highest BCUT2D eigenvalue weighted by molar-refractivity contribution is 8.00. The number of hydrogen-bond donors (Lipinski definition) is 2. The molecule has 0 spiro atoms. The second kappa shape index (κ2) is 8.61. The van der Waals surface area contributed by atoms with E-state index in [0.29, 0.717) is 11.3 Å². The summed E-state index contributed by atoms with van der Waals surface area (Å²) in [7, 11) is 0. The quantitative estimate of drug-likeness (QED) is 0.258. The van der Waals surface area contributed by atoms with Gasteiger partial charge >= 0.3 is 0 Å². The van der Waals surface area contributed by atoms with Crippen LogP contribution in [0.3, 0.4) is 0 Å². The number of nitrogens with zero attached hydrogens (tertiary/aromatic N) is 2. The Balaban J connectivity index is 2.45. The molecule has 2 unspecified atom stereocenters. The molecule has 1 rings (SSSR count). The zero-order valence-corrected chi connectivity index (χ0v) is 12.5. The Bertz CT molecular complexity index is 262. The second-order valence-electron chi connectivity index (χ2n) is 4.41. The first-order valence-electron chi connectivity index (χ1n) is 6.67. The minimum Gasteiger partial charge on any atom is -0.382 e. The second-order valence-corrected chi connectivity index (χ2v) is 5.90. The number of nitrogens with one attached hydrogen (secondary N) is 1. The lowest BCUT2D eigenvalue weighted by atomic mass is 10.2. The van der Waals surface area contributed by atoms with E-state index in [2.05, 4.69) is 29.2 Å². The van der Waals surface area contributed by atoms with Crippen molar-refractivity contribution in [1.82, 2.24) is 10.3 Å². The Labute approximate surface area is 114 Å². The van der Waals surface area contributed by atoms with Gasteiger partial charge in [0, 0.05) is 43.3 Å². The minimum atomic E-state index is 0.463. The third-order valence-corrected chi connectivity index (χ3v) is 4.54. The van der Waals surface area contributed by atoms with Crippen molar-refractivity contribution in [1.29, 1.82) is 0 Å². The SMILES string of the molecule is CCOCCCN=C(NN)N1CCSC(C)C1C. The molecule has 3 N–H and O–H groups in total. The average molecular weight is 274 g/mol. The van der Waals surface area contributed by atoms with Gasteiger partial charge in [-0.25, -0.2) is 5.84 Å². The molecule has 0 bridgehead atoms. The molecular weight excluding hydrogens is 248 g/mol. The summed E-state index contributed by atoms with van der Waals surface area (Å²) in [4.78, 5) is 6.81. The summed E-state index contributed by atoms with van der Waals surface area (Å²) in [5.41, 5.74) is 2.74. The molecule has 1 aliphatic heterocycles. The summed E-state index contributed by atoms with van der Waals surface area (Å²) in [6, 6.07) is 0.463. The van der Waals surface area contributed by atoms with Gasteiger partial charge in [-0.3, -0.25) is 10.4 Å². The smallest absolute Gasteiger partial charge is 0.208 e. The summed E-state index contributed by atoms with van der Waals surface area (Å²) < 4.78 is 5.29. The molecule has 0 radical (unpaired) electrons. The first-order chi connectivity index (χ1) is 8.70. The molecule has 1 aliphatic rings. The van der Waals surface area contributed by atoms with Crippen LogP contribution in [0.4, 0.5) is 0 Å². The first-order valence-corrected chi connectivity index (χ1v) is 7.72. The van der Waals surface area contributed by atoms with Gasteiger partial charge in [-0.2, -0.15) is 11.8 Å². The van der Waals surface area contributed by atoms with Crippen molar-refractivity contribution in [2.45, 2.75) is 38.5 Å². The molecule has 18 heavy (non-hydrogen) atoms. The zero-order chi connectivity index (χ0) is 13.4. The lowest BCUT2D eigenvalue weighted by Gasteiger charge is -2.39. The van der Waals surface area contributed by atoms with E-state index in [0.717, 1.165) is 44.4 Å². The summed E-state index contributed by atoms with van der Waals surface area (Å²) >= 11 is 2.01. The van der Waals surface area contributed by atoms with Crippen LogP contribution in [0.25, 0.3) is 0 Å². The summed E-state index contributed by atoms with van der Waals surface area (Å²) in [5.74, 6) is 7.53. The van der Waals surface area contributed by atoms with E-state index in [4.69, 9.17) is 10.6 Å². The number of rotatable bonds is 5. The van der Waals surface area contributed by atoms with E-state index >= 15 is 0 Å². The Kier molecular flexibility index (Phi) is 7.46. The number of guanidine groups is 1. The maximum absolute atomic E-state index is 5.59. The molecule has 6 heteroatoms. The van der Waals surface area contributed by atoms with E-state index in [-0.39, 0.29) is 0 Å². The van der Waals surface area contributed by atoms with Crippen molar-refractivity contribution in [2.24, 2.45) is 10.8 Å². The van der Waals surface area contributed by atoms with Crippen molar-refractivity contribution in [3.05, 3.63) is 0 Å². The van der Waals surface area contributed by atoms with Gasteiger partial charge in [0.2, 0.25) is 5.96 Å². The van der Waals surface area contributed by atoms with E-state index in [1.54, 1.807) is 0 Å². The number of aliphatic imine (C=N–C) groups is 1. The highest BCUT2D eigenvalue weighted by Gasteiger charge is 2.27. The molecule has 0 aliphatic carbocycles. The molecule has 0 aromatic rings. The van der Waals surface area contributed by atoms with Gasteiger partial charge in [-0.15, -0.1) is 0 Å². The van der Waals surface area contributed by atoms with Crippen molar-refractivity contribution in [3.8, 4) is 0 Å². The van der Waals surface area contributed by atoms with E-state index in [1.807, 2.05) is 18.7 Å². The molecule has 5 nitrogen and oxygen atoms in total. The number of ether oxygens (including phenoxy) is 1. The standard InChI is InChI=1S/C12H26N4OS/c1-4-17-8-5-6-14-12(15-13)16-7-9-18-11(3)10(16)2/h10-11H,4-9,13H2,1-3H3,(H,14,15). The maximum atomic E-state index is 5.59. The van der Waals surface area contributed by atoms with Gasteiger partial charge in [0.05, 0.1) is 0 Å². The third kappa shape index (κ3) is 4.66. The normalized spacial score (nSPS) is 25.3. The van der Waals surface area contributed by atoms with Gasteiger partial charge < -0.3 is 9.64 Å². The summed E-state index contributed by atoms with van der Waals surface area (Å²) in [5, 5.41) is 0.612. The highest BCUT2D eigenvalue weighted by Crippen LogP contribution is 2.23.